The zero-order valence-electron chi connectivity index (χ0n) is 11.9. The van der Waals surface area contributed by atoms with Gasteiger partial charge in [-0.05, 0) is 26.0 Å². The summed E-state index contributed by atoms with van der Waals surface area (Å²) in [7, 11) is 1.65. The van der Waals surface area contributed by atoms with Gasteiger partial charge in [0.1, 0.15) is 6.04 Å². The number of carboxylic acids is 1. The highest BCUT2D eigenvalue weighted by atomic mass is 32.2. The van der Waals surface area contributed by atoms with Gasteiger partial charge in [-0.3, -0.25) is 4.79 Å². The Morgan fingerprint density at radius 2 is 1.95 bits per heavy atom. The highest BCUT2D eigenvalue weighted by molar-refractivity contribution is 7.99. The van der Waals surface area contributed by atoms with Crippen molar-refractivity contribution in [2.75, 3.05) is 19.3 Å². The minimum atomic E-state index is -1.04. The maximum absolute atomic E-state index is 11.7. The van der Waals surface area contributed by atoms with Gasteiger partial charge in [0, 0.05) is 24.2 Å². The summed E-state index contributed by atoms with van der Waals surface area (Å²) >= 11 is 1.66. The van der Waals surface area contributed by atoms with E-state index in [2.05, 4.69) is 5.32 Å². The zero-order valence-corrected chi connectivity index (χ0v) is 12.7. The molecule has 1 rings (SSSR count). The summed E-state index contributed by atoms with van der Waals surface area (Å²) in [5.41, 5.74) is 1.22. The summed E-state index contributed by atoms with van der Waals surface area (Å²) in [5.74, 6) is -0.283. The topological polar surface area (TPSA) is 69.6 Å². The smallest absolute Gasteiger partial charge is 0.325 e. The Bertz CT molecular complexity index is 462. The molecule has 0 fully saturated rings. The molecule has 0 radical (unpaired) electrons. The van der Waals surface area contributed by atoms with E-state index in [1.165, 1.54) is 17.4 Å². The maximum Gasteiger partial charge on any atom is 0.325 e. The van der Waals surface area contributed by atoms with Crippen molar-refractivity contribution in [3.63, 3.8) is 0 Å². The van der Waals surface area contributed by atoms with Crippen molar-refractivity contribution in [3.8, 4) is 0 Å². The van der Waals surface area contributed by atoms with Gasteiger partial charge in [0.25, 0.3) is 0 Å². The van der Waals surface area contributed by atoms with E-state index in [9.17, 15) is 9.59 Å². The molecule has 1 aromatic rings. The number of thioether (sulfide) groups is 1. The Labute approximate surface area is 123 Å². The number of benzene rings is 1. The molecule has 1 aromatic carbocycles. The third-order valence-electron chi connectivity index (χ3n) is 2.77. The average Bonchev–Trinajstić information content (AvgIpc) is 2.40. The third-order valence-corrected chi connectivity index (χ3v) is 3.77. The van der Waals surface area contributed by atoms with Crippen LogP contribution in [0.2, 0.25) is 0 Å². The first-order valence-corrected chi connectivity index (χ1v) is 7.32. The van der Waals surface area contributed by atoms with Gasteiger partial charge in [-0.1, -0.05) is 17.7 Å². The van der Waals surface area contributed by atoms with Crippen molar-refractivity contribution in [2.24, 2.45) is 0 Å². The summed E-state index contributed by atoms with van der Waals surface area (Å²) in [6, 6.07) is 6.94. The van der Waals surface area contributed by atoms with E-state index in [0.717, 1.165) is 10.6 Å². The number of nitrogens with one attached hydrogen (secondary N) is 1. The van der Waals surface area contributed by atoms with Gasteiger partial charge in [0.2, 0.25) is 0 Å². The second kappa shape index (κ2) is 7.79. The molecule has 0 aliphatic carbocycles. The minimum Gasteiger partial charge on any atom is -0.480 e. The molecule has 2 N–H and O–H groups in total. The monoisotopic (exact) mass is 296 g/mol. The van der Waals surface area contributed by atoms with Crippen LogP contribution in [0.1, 0.15) is 12.5 Å². The Hall–Kier alpha value is -1.69. The molecule has 0 saturated carbocycles. The molecule has 110 valence electrons. The van der Waals surface area contributed by atoms with E-state index in [0.29, 0.717) is 6.54 Å². The summed E-state index contributed by atoms with van der Waals surface area (Å²) in [6.45, 7) is 4.03. The van der Waals surface area contributed by atoms with Crippen molar-refractivity contribution in [2.45, 2.75) is 24.8 Å². The highest BCUT2D eigenvalue weighted by Crippen LogP contribution is 2.17. The number of nitrogens with zero attached hydrogens (tertiary/aromatic N) is 1. The fraction of sp³-hybridized carbons (Fsp3) is 0.429. The lowest BCUT2D eigenvalue weighted by Crippen LogP contribution is -2.45. The molecule has 1 atom stereocenters. The standard InChI is InChI=1S/C14H20N2O3S/c1-10-4-6-12(7-5-10)20-9-8-16(3)14(19)15-11(2)13(17)18/h4-7,11H,8-9H2,1-3H3,(H,15,19)(H,17,18)/t11-/m1/s1. The summed E-state index contributed by atoms with van der Waals surface area (Å²) in [4.78, 5) is 25.0. The predicted molar refractivity (Wildman–Crippen MR) is 80.2 cm³/mol. The van der Waals surface area contributed by atoms with E-state index >= 15 is 0 Å². The Kier molecular flexibility index (Phi) is 6.38. The molecule has 0 aromatic heterocycles. The van der Waals surface area contributed by atoms with Crippen LogP contribution in [-0.4, -0.2) is 47.4 Å². The first-order chi connectivity index (χ1) is 9.40. The van der Waals surface area contributed by atoms with Gasteiger partial charge in [-0.15, -0.1) is 11.8 Å². The predicted octanol–water partition coefficient (Wildman–Crippen LogP) is 2.20. The second-order valence-electron chi connectivity index (χ2n) is 4.59. The molecule has 0 heterocycles. The van der Waals surface area contributed by atoms with Crippen LogP contribution in [0.4, 0.5) is 4.79 Å². The van der Waals surface area contributed by atoms with Crippen molar-refractivity contribution >= 4 is 23.8 Å². The van der Waals surface area contributed by atoms with Crippen LogP contribution < -0.4 is 5.32 Å². The molecule has 2 amide bonds. The normalized spacial score (nSPS) is 11.8. The van der Waals surface area contributed by atoms with Crippen molar-refractivity contribution in [1.82, 2.24) is 10.2 Å². The number of amides is 2. The lowest BCUT2D eigenvalue weighted by Gasteiger charge is -2.19. The summed E-state index contributed by atoms with van der Waals surface area (Å²) < 4.78 is 0. The molecule has 6 heteroatoms. The number of carbonyl (C=O) groups excluding carboxylic acids is 1. The van der Waals surface area contributed by atoms with Gasteiger partial charge in [0.05, 0.1) is 0 Å². The van der Waals surface area contributed by atoms with E-state index in [-0.39, 0.29) is 6.03 Å². The largest absolute Gasteiger partial charge is 0.480 e. The van der Waals surface area contributed by atoms with Crippen LogP contribution in [0.5, 0.6) is 0 Å². The third kappa shape index (κ3) is 5.52. The quantitative estimate of drug-likeness (QED) is 0.790. The fourth-order valence-corrected chi connectivity index (χ4v) is 2.32. The van der Waals surface area contributed by atoms with Gasteiger partial charge in [0.15, 0.2) is 0 Å². The van der Waals surface area contributed by atoms with Crippen LogP contribution in [0, 0.1) is 6.92 Å². The zero-order chi connectivity index (χ0) is 15.1. The number of aryl methyl sites for hydroxylation is 1. The van der Waals surface area contributed by atoms with Gasteiger partial charge in [-0.2, -0.15) is 0 Å². The molecule has 0 bridgehead atoms. The van der Waals surface area contributed by atoms with Gasteiger partial charge >= 0.3 is 12.0 Å². The first-order valence-electron chi connectivity index (χ1n) is 6.34. The summed E-state index contributed by atoms with van der Waals surface area (Å²) in [5, 5.41) is 11.1. The van der Waals surface area contributed by atoms with Crippen LogP contribution in [0.15, 0.2) is 29.2 Å². The van der Waals surface area contributed by atoms with E-state index in [4.69, 9.17) is 5.11 Å². The van der Waals surface area contributed by atoms with Crippen molar-refractivity contribution in [1.29, 1.82) is 0 Å². The van der Waals surface area contributed by atoms with Crippen molar-refractivity contribution < 1.29 is 14.7 Å². The maximum atomic E-state index is 11.7. The Morgan fingerprint density at radius 1 is 1.35 bits per heavy atom. The Balaban J connectivity index is 2.32. The van der Waals surface area contributed by atoms with Crippen molar-refractivity contribution in [3.05, 3.63) is 29.8 Å². The number of aliphatic carboxylic acids is 1. The van der Waals surface area contributed by atoms with Crippen LogP contribution >= 0.6 is 11.8 Å². The molecule has 5 nitrogen and oxygen atoms in total. The van der Waals surface area contributed by atoms with Gasteiger partial charge in [-0.25, -0.2) is 4.79 Å². The van der Waals surface area contributed by atoms with Crippen LogP contribution in [0.3, 0.4) is 0 Å². The SMILES string of the molecule is Cc1ccc(SCCN(C)C(=O)N[C@H](C)C(=O)O)cc1. The molecular formula is C14H20N2O3S. The molecule has 0 aliphatic rings. The first kappa shape index (κ1) is 16.4. The highest BCUT2D eigenvalue weighted by Gasteiger charge is 2.16. The van der Waals surface area contributed by atoms with Gasteiger partial charge < -0.3 is 15.3 Å². The molecular weight excluding hydrogens is 276 g/mol. The molecule has 20 heavy (non-hydrogen) atoms. The number of carboxylic acid groups (broad SMARTS) is 1. The lowest BCUT2D eigenvalue weighted by atomic mass is 10.2. The number of carbonyl (C=O) groups is 2. The van der Waals surface area contributed by atoms with E-state index < -0.39 is 12.0 Å². The minimum absolute atomic E-state index is 0.371. The number of rotatable bonds is 6. The van der Waals surface area contributed by atoms with Crippen LogP contribution in [0.25, 0.3) is 0 Å². The second-order valence-corrected chi connectivity index (χ2v) is 5.76. The molecule has 0 aliphatic heterocycles. The molecule has 0 spiro atoms. The summed E-state index contributed by atoms with van der Waals surface area (Å²) in [6.07, 6.45) is 0. The van der Waals surface area contributed by atoms with E-state index in [1.54, 1.807) is 18.8 Å². The van der Waals surface area contributed by atoms with E-state index in [1.807, 2.05) is 31.2 Å². The fourth-order valence-electron chi connectivity index (χ4n) is 1.39. The molecule has 0 unspecified atom stereocenters. The van der Waals surface area contributed by atoms with Crippen LogP contribution in [-0.2, 0) is 4.79 Å². The Morgan fingerprint density at radius 3 is 2.50 bits per heavy atom. The number of hydrogen-bond acceptors (Lipinski definition) is 3. The number of urea groups is 1. The lowest BCUT2D eigenvalue weighted by molar-refractivity contribution is -0.138. The number of hydrogen-bond donors (Lipinski definition) is 2. The molecule has 0 saturated heterocycles. The average molecular weight is 296 g/mol.